The fourth-order valence-electron chi connectivity index (χ4n) is 3.02. The Kier molecular flexibility index (Phi) is 6.86. The highest BCUT2D eigenvalue weighted by Crippen LogP contribution is 2.33. The summed E-state index contributed by atoms with van der Waals surface area (Å²) >= 11 is 12.3. The fraction of sp³-hybridized carbons (Fsp3) is 0.381. The zero-order valence-electron chi connectivity index (χ0n) is 15.3. The third-order valence-electron chi connectivity index (χ3n) is 4.57. The molecule has 1 heterocycles. The van der Waals surface area contributed by atoms with Crippen LogP contribution < -0.4 is 9.47 Å². The van der Waals surface area contributed by atoms with Crippen molar-refractivity contribution in [2.75, 3.05) is 13.3 Å². The molecular weight excluding hydrogens is 385 g/mol. The standard InChI is InChI=1S/C21H23Cl2NO3/c1-2-3-4-21(25)24(10-9-16-6-7-17(22)12-18(16)23)13-15-5-8-19-20(11-15)27-14-26-19/h5-8,11-12H,2-4,9-10,13-14H2,1H3. The predicted molar refractivity (Wildman–Crippen MR) is 108 cm³/mol. The van der Waals surface area contributed by atoms with E-state index in [0.29, 0.717) is 36.0 Å². The first kappa shape index (κ1) is 19.8. The molecule has 0 aromatic heterocycles. The van der Waals surface area contributed by atoms with Gasteiger partial charge in [-0.05, 0) is 48.2 Å². The zero-order chi connectivity index (χ0) is 19.2. The van der Waals surface area contributed by atoms with Crippen molar-refractivity contribution >= 4 is 29.1 Å². The monoisotopic (exact) mass is 407 g/mol. The molecule has 3 rings (SSSR count). The van der Waals surface area contributed by atoms with Gasteiger partial charge < -0.3 is 14.4 Å². The number of hydrogen-bond donors (Lipinski definition) is 0. The quantitative estimate of drug-likeness (QED) is 0.580. The van der Waals surface area contributed by atoms with E-state index in [1.54, 1.807) is 6.07 Å². The first-order valence-electron chi connectivity index (χ1n) is 9.17. The smallest absolute Gasteiger partial charge is 0.231 e. The van der Waals surface area contributed by atoms with E-state index in [-0.39, 0.29) is 12.7 Å². The first-order valence-corrected chi connectivity index (χ1v) is 9.92. The number of unbranched alkanes of at least 4 members (excludes halogenated alkanes) is 1. The van der Waals surface area contributed by atoms with Crippen LogP contribution in [0.4, 0.5) is 0 Å². The van der Waals surface area contributed by atoms with E-state index in [9.17, 15) is 4.79 Å². The number of rotatable bonds is 8. The van der Waals surface area contributed by atoms with Crippen LogP contribution in [-0.4, -0.2) is 24.1 Å². The minimum atomic E-state index is 0.152. The normalized spacial score (nSPS) is 12.3. The second-order valence-electron chi connectivity index (χ2n) is 6.59. The summed E-state index contributed by atoms with van der Waals surface area (Å²) in [5.41, 5.74) is 2.01. The Morgan fingerprint density at radius 3 is 2.70 bits per heavy atom. The van der Waals surface area contributed by atoms with E-state index in [1.807, 2.05) is 35.2 Å². The number of halogens is 2. The molecule has 0 N–H and O–H groups in total. The van der Waals surface area contributed by atoms with E-state index < -0.39 is 0 Å². The Labute approximate surface area is 170 Å². The number of fused-ring (bicyclic) bond motifs is 1. The summed E-state index contributed by atoms with van der Waals surface area (Å²) in [4.78, 5) is 14.6. The van der Waals surface area contributed by atoms with Gasteiger partial charge in [0.25, 0.3) is 0 Å². The molecule has 6 heteroatoms. The van der Waals surface area contributed by atoms with Crippen LogP contribution in [0.2, 0.25) is 10.0 Å². The van der Waals surface area contributed by atoms with Gasteiger partial charge in [-0.15, -0.1) is 0 Å². The maximum Gasteiger partial charge on any atom is 0.231 e. The molecule has 144 valence electrons. The third kappa shape index (κ3) is 5.30. The Hall–Kier alpha value is -1.91. The van der Waals surface area contributed by atoms with E-state index in [4.69, 9.17) is 32.7 Å². The molecule has 0 saturated carbocycles. The van der Waals surface area contributed by atoms with Crippen LogP contribution >= 0.6 is 23.2 Å². The van der Waals surface area contributed by atoms with E-state index in [2.05, 4.69) is 6.92 Å². The van der Waals surface area contributed by atoms with Crippen molar-refractivity contribution in [1.29, 1.82) is 0 Å². The highest BCUT2D eigenvalue weighted by molar-refractivity contribution is 6.35. The molecule has 2 aromatic carbocycles. The molecule has 2 aromatic rings. The van der Waals surface area contributed by atoms with Gasteiger partial charge in [0.05, 0.1) is 0 Å². The van der Waals surface area contributed by atoms with Crippen molar-refractivity contribution in [2.45, 2.75) is 39.2 Å². The summed E-state index contributed by atoms with van der Waals surface area (Å²) in [5, 5.41) is 1.24. The molecule has 1 amide bonds. The Morgan fingerprint density at radius 1 is 1.11 bits per heavy atom. The largest absolute Gasteiger partial charge is 0.454 e. The van der Waals surface area contributed by atoms with Gasteiger partial charge in [-0.1, -0.05) is 48.7 Å². The highest BCUT2D eigenvalue weighted by Gasteiger charge is 2.18. The topological polar surface area (TPSA) is 38.8 Å². The van der Waals surface area contributed by atoms with Crippen molar-refractivity contribution in [3.63, 3.8) is 0 Å². The molecule has 1 aliphatic rings. The minimum Gasteiger partial charge on any atom is -0.454 e. The molecule has 0 fully saturated rings. The van der Waals surface area contributed by atoms with Crippen LogP contribution in [0, 0.1) is 0 Å². The summed E-state index contributed by atoms with van der Waals surface area (Å²) < 4.78 is 10.8. The van der Waals surface area contributed by atoms with Gasteiger partial charge in [0.15, 0.2) is 11.5 Å². The molecule has 0 unspecified atom stereocenters. The molecule has 4 nitrogen and oxygen atoms in total. The molecule has 1 aliphatic heterocycles. The van der Waals surface area contributed by atoms with Gasteiger partial charge in [-0.2, -0.15) is 0 Å². The Balaban J connectivity index is 1.71. The van der Waals surface area contributed by atoms with Crippen LogP contribution in [0.15, 0.2) is 36.4 Å². The molecule has 0 aliphatic carbocycles. The number of amides is 1. The maximum atomic E-state index is 12.7. The second-order valence-corrected chi connectivity index (χ2v) is 7.44. The van der Waals surface area contributed by atoms with E-state index in [1.165, 1.54) is 0 Å². The molecule has 0 bridgehead atoms. The minimum absolute atomic E-state index is 0.152. The number of carbonyl (C=O) groups is 1. The molecule has 0 atom stereocenters. The number of carbonyl (C=O) groups excluding carboxylic acids is 1. The van der Waals surface area contributed by atoms with Gasteiger partial charge in [0, 0.05) is 29.6 Å². The summed E-state index contributed by atoms with van der Waals surface area (Å²) in [6.07, 6.45) is 3.11. The summed E-state index contributed by atoms with van der Waals surface area (Å²) in [6, 6.07) is 11.3. The van der Waals surface area contributed by atoms with Crippen molar-refractivity contribution in [3.8, 4) is 11.5 Å². The van der Waals surface area contributed by atoms with Crippen LogP contribution in [0.25, 0.3) is 0 Å². The lowest BCUT2D eigenvalue weighted by Gasteiger charge is -2.23. The van der Waals surface area contributed by atoms with Gasteiger partial charge >= 0.3 is 0 Å². The molecule has 27 heavy (non-hydrogen) atoms. The van der Waals surface area contributed by atoms with Gasteiger partial charge in [-0.3, -0.25) is 4.79 Å². The lowest BCUT2D eigenvalue weighted by molar-refractivity contribution is -0.131. The number of nitrogens with zero attached hydrogens (tertiary/aromatic N) is 1. The lowest BCUT2D eigenvalue weighted by atomic mass is 10.1. The third-order valence-corrected chi connectivity index (χ3v) is 5.16. The summed E-state index contributed by atoms with van der Waals surface area (Å²) in [6.45, 7) is 3.46. The van der Waals surface area contributed by atoms with Gasteiger partial charge in [0.1, 0.15) is 0 Å². The first-order chi connectivity index (χ1) is 13.1. The second kappa shape index (κ2) is 9.34. The molecule has 0 radical (unpaired) electrons. The van der Waals surface area contributed by atoms with E-state index >= 15 is 0 Å². The molecule has 0 spiro atoms. The van der Waals surface area contributed by atoms with Gasteiger partial charge in [0.2, 0.25) is 12.7 Å². The predicted octanol–water partition coefficient (Wildman–Crippen LogP) is 5.48. The van der Waals surface area contributed by atoms with Crippen molar-refractivity contribution in [2.24, 2.45) is 0 Å². The average molecular weight is 408 g/mol. The Bertz CT molecular complexity index is 810. The zero-order valence-corrected chi connectivity index (χ0v) is 16.9. The van der Waals surface area contributed by atoms with E-state index in [0.717, 1.165) is 35.5 Å². The number of benzene rings is 2. The van der Waals surface area contributed by atoms with Crippen molar-refractivity contribution in [3.05, 3.63) is 57.6 Å². The number of hydrogen-bond acceptors (Lipinski definition) is 3. The lowest BCUT2D eigenvalue weighted by Crippen LogP contribution is -2.32. The van der Waals surface area contributed by atoms with Crippen LogP contribution in [0.5, 0.6) is 11.5 Å². The van der Waals surface area contributed by atoms with Crippen LogP contribution in [0.3, 0.4) is 0 Å². The van der Waals surface area contributed by atoms with Crippen LogP contribution in [0.1, 0.15) is 37.3 Å². The SMILES string of the molecule is CCCCC(=O)N(CCc1ccc(Cl)cc1Cl)Cc1ccc2c(c1)OCO2. The fourth-order valence-corrected chi connectivity index (χ4v) is 3.52. The molecular formula is C21H23Cl2NO3. The molecule has 0 saturated heterocycles. The highest BCUT2D eigenvalue weighted by atomic mass is 35.5. The van der Waals surface area contributed by atoms with Crippen LogP contribution in [-0.2, 0) is 17.8 Å². The Morgan fingerprint density at radius 2 is 1.93 bits per heavy atom. The number of ether oxygens (including phenoxy) is 2. The maximum absolute atomic E-state index is 12.7. The van der Waals surface area contributed by atoms with Gasteiger partial charge in [-0.25, -0.2) is 0 Å². The average Bonchev–Trinajstić information content (AvgIpc) is 3.12. The van der Waals surface area contributed by atoms with Crippen molar-refractivity contribution < 1.29 is 14.3 Å². The van der Waals surface area contributed by atoms with Crippen molar-refractivity contribution in [1.82, 2.24) is 4.90 Å². The summed E-state index contributed by atoms with van der Waals surface area (Å²) in [7, 11) is 0. The summed E-state index contributed by atoms with van der Waals surface area (Å²) in [5.74, 6) is 1.63.